The van der Waals surface area contributed by atoms with Gasteiger partial charge in [0.25, 0.3) is 5.82 Å². The van der Waals surface area contributed by atoms with Crippen molar-refractivity contribution in [2.24, 2.45) is 0 Å². The molecule has 0 bridgehead atoms. The van der Waals surface area contributed by atoms with Gasteiger partial charge in [-0.05, 0) is 165 Å². The molecule has 0 amide bonds. The van der Waals surface area contributed by atoms with E-state index in [-0.39, 0.29) is 0 Å². The lowest BCUT2D eigenvalue weighted by Gasteiger charge is -2.13. The van der Waals surface area contributed by atoms with Crippen LogP contribution in [0.25, 0.3) is 265 Å². The van der Waals surface area contributed by atoms with Gasteiger partial charge in [0, 0.05) is 110 Å². The normalized spacial score (nSPS) is 11.8. The number of pyridine rings is 3. The second kappa shape index (κ2) is 34.4. The molecule has 30 aromatic rings. The Morgan fingerprint density at radius 3 is 0.875 bits per heavy atom. The van der Waals surface area contributed by atoms with Gasteiger partial charge in [-0.3, -0.25) is 8.80 Å². The average molecular weight is 1840 g/mol. The van der Waals surface area contributed by atoms with Crippen molar-refractivity contribution in [1.29, 1.82) is 0 Å². The summed E-state index contributed by atoms with van der Waals surface area (Å²) in [7, 11) is 0. The molecule has 0 unspecified atom stereocenters. The van der Waals surface area contributed by atoms with Gasteiger partial charge in [-0.1, -0.05) is 413 Å². The smallest absolute Gasteiger partial charge is 0.292 e. The van der Waals surface area contributed by atoms with E-state index in [0.29, 0.717) is 0 Å². The quantitative estimate of drug-likeness (QED) is 0.0978. The summed E-state index contributed by atoms with van der Waals surface area (Å²) in [6.45, 7) is 0. The van der Waals surface area contributed by atoms with E-state index in [2.05, 4.69) is 560 Å². The molecule has 0 saturated heterocycles. The summed E-state index contributed by atoms with van der Waals surface area (Å²) < 4.78 is 14.5. The van der Waals surface area contributed by atoms with Gasteiger partial charge in [0.1, 0.15) is 17.2 Å². The number of imidazole rings is 3. The van der Waals surface area contributed by atoms with E-state index < -0.39 is 0 Å². The number of hydrogen-bond donors (Lipinski definition) is 1. The first-order valence-corrected chi connectivity index (χ1v) is 49.3. The fourth-order valence-electron chi connectivity index (χ4n) is 22.7. The summed E-state index contributed by atoms with van der Waals surface area (Å²) >= 11 is 0. The summed E-state index contributed by atoms with van der Waals surface area (Å²) in [5.41, 5.74) is 34.4. The van der Waals surface area contributed by atoms with Crippen LogP contribution in [0.4, 0.5) is 0 Å². The molecule has 0 saturated carbocycles. The SMILES string of the molecule is c1ccc(-c2ccc(-c3[nH]c(-c4ccccc4)[n+]4c3c3ccccc3c3ccc5c6ccccc6n(-c6ccccc6)c5c34)cc2)cc1.c1ccc(-c2ccc(-c3nc(-c4ccccc4)n4c5cc6c(cc5c5ccccc5c34)c3ccccc3n6-c3ccccc3)cc2)cc1.c1ccc(-c2ccc(-c3nc(-c4ccccc4)n4c5cc6c7ccccc7n(-c7ccccc7)c6cc5c5ccccc5c34)cc2)cc1. The van der Waals surface area contributed by atoms with Crippen LogP contribution in [0.2, 0.25) is 0 Å². The van der Waals surface area contributed by atoms with Gasteiger partial charge in [0.15, 0.2) is 16.7 Å². The Morgan fingerprint density at radius 2 is 0.438 bits per heavy atom. The molecule has 9 aromatic heterocycles. The van der Waals surface area contributed by atoms with Crippen LogP contribution in [0, 0.1) is 0 Å². The Balaban J connectivity index is 0.000000105. The van der Waals surface area contributed by atoms with E-state index in [1.165, 1.54) is 158 Å². The summed E-state index contributed by atoms with van der Waals surface area (Å²) in [6, 6.07) is 189. The minimum Gasteiger partial charge on any atom is -0.309 e. The number of fused-ring (bicyclic) bond motifs is 28. The van der Waals surface area contributed by atoms with Crippen LogP contribution >= 0.6 is 0 Å². The van der Waals surface area contributed by atoms with Crippen molar-refractivity contribution in [1.82, 2.24) is 37.5 Å². The van der Waals surface area contributed by atoms with E-state index in [0.717, 1.165) is 107 Å². The van der Waals surface area contributed by atoms with E-state index in [4.69, 9.17) is 9.97 Å². The first kappa shape index (κ1) is 82.9. The Kier molecular flexibility index (Phi) is 19.8. The monoisotopic (exact) mass is 1830 g/mol. The average Bonchev–Trinajstić information content (AvgIpc) is 1.53. The Morgan fingerprint density at radius 1 is 0.167 bits per heavy atom. The molecular weight excluding hydrogens is 1750 g/mol. The van der Waals surface area contributed by atoms with Crippen molar-refractivity contribution < 1.29 is 4.40 Å². The molecule has 21 aromatic carbocycles. The molecule has 0 aliphatic carbocycles. The molecular formula is C135H88N9+. The topological polar surface area (TPSA) is 69.3 Å². The molecule has 144 heavy (non-hydrogen) atoms. The second-order valence-corrected chi connectivity index (χ2v) is 37.2. The molecule has 30 rings (SSSR count). The number of nitrogens with zero attached hydrogens (tertiary/aromatic N) is 8. The highest BCUT2D eigenvalue weighted by atomic mass is 15.1. The van der Waals surface area contributed by atoms with Gasteiger partial charge in [0.05, 0.1) is 66.6 Å². The van der Waals surface area contributed by atoms with Gasteiger partial charge >= 0.3 is 0 Å². The highest BCUT2D eigenvalue weighted by Gasteiger charge is 2.32. The molecule has 1 N–H and O–H groups in total. The van der Waals surface area contributed by atoms with E-state index in [1.807, 2.05) is 0 Å². The first-order chi connectivity index (χ1) is 71.5. The van der Waals surface area contributed by atoms with Crippen molar-refractivity contribution in [3.05, 3.63) is 528 Å². The van der Waals surface area contributed by atoms with Crippen molar-refractivity contribution in [2.45, 2.75) is 0 Å². The van der Waals surface area contributed by atoms with Crippen LogP contribution in [-0.4, -0.2) is 37.5 Å². The fraction of sp³-hybridized carbons (Fsp3) is 0. The summed E-state index contributed by atoms with van der Waals surface area (Å²) in [5.74, 6) is 2.93. The number of hydrogen-bond acceptors (Lipinski definition) is 2. The molecule has 0 aliphatic rings. The lowest BCUT2D eigenvalue weighted by molar-refractivity contribution is -0.465. The Labute approximate surface area is 829 Å². The van der Waals surface area contributed by atoms with Gasteiger partial charge in [-0.15, -0.1) is 0 Å². The van der Waals surface area contributed by atoms with Gasteiger partial charge in [0.2, 0.25) is 0 Å². The van der Waals surface area contributed by atoms with Gasteiger partial charge in [-0.2, -0.15) is 4.40 Å². The Bertz CT molecular complexity index is 10200. The third-order valence-corrected chi connectivity index (χ3v) is 29.2. The van der Waals surface area contributed by atoms with Crippen molar-refractivity contribution >= 4 is 147 Å². The van der Waals surface area contributed by atoms with Crippen molar-refractivity contribution in [2.75, 3.05) is 0 Å². The third kappa shape index (κ3) is 13.6. The summed E-state index contributed by atoms with van der Waals surface area (Å²) in [6.07, 6.45) is 0. The number of aromatic nitrogens is 9. The minimum atomic E-state index is 0.935. The number of H-pyrrole nitrogens is 1. The lowest BCUT2D eigenvalue weighted by Crippen LogP contribution is -2.25. The predicted octanol–water partition coefficient (Wildman–Crippen LogP) is 34.6. The molecule has 0 aliphatic heterocycles. The van der Waals surface area contributed by atoms with Crippen LogP contribution in [-0.2, 0) is 0 Å². The minimum absolute atomic E-state index is 0.935. The van der Waals surface area contributed by atoms with E-state index in [1.54, 1.807) is 0 Å². The summed E-state index contributed by atoms with van der Waals surface area (Å²) in [4.78, 5) is 15.0. The third-order valence-electron chi connectivity index (χ3n) is 29.2. The number of benzene rings is 21. The molecule has 0 atom stereocenters. The van der Waals surface area contributed by atoms with Crippen LogP contribution in [0.3, 0.4) is 0 Å². The van der Waals surface area contributed by atoms with E-state index in [9.17, 15) is 0 Å². The van der Waals surface area contributed by atoms with E-state index >= 15 is 0 Å². The molecule has 0 radical (unpaired) electrons. The number of para-hydroxylation sites is 6. The zero-order chi connectivity index (χ0) is 94.8. The first-order valence-electron chi connectivity index (χ1n) is 49.3. The van der Waals surface area contributed by atoms with Gasteiger partial charge in [-0.25, -0.2) is 15.0 Å². The van der Waals surface area contributed by atoms with Crippen LogP contribution in [0.1, 0.15) is 0 Å². The zero-order valence-corrected chi connectivity index (χ0v) is 78.3. The van der Waals surface area contributed by atoms with Crippen LogP contribution < -0.4 is 4.40 Å². The molecule has 0 fully saturated rings. The Hall–Kier alpha value is -19.4. The molecule has 0 spiro atoms. The van der Waals surface area contributed by atoms with Crippen molar-refractivity contribution in [3.8, 4) is 118 Å². The maximum absolute atomic E-state index is 5.49. The molecule has 672 valence electrons. The number of rotatable bonds is 12. The molecule has 9 heterocycles. The molecule has 9 heteroatoms. The fourth-order valence-corrected chi connectivity index (χ4v) is 22.7. The second-order valence-electron chi connectivity index (χ2n) is 37.2. The van der Waals surface area contributed by atoms with Crippen molar-refractivity contribution in [3.63, 3.8) is 0 Å². The standard InChI is InChI=1S/3C45H29N3/c1-4-14-30(15-5-1)31-24-26-32(27-25-31)43-44-37-22-11-10-20-35(37)38-28-41-39(29-42(38)48(44)45(46-43)33-16-6-2-7-17-33)36-21-12-13-23-40(36)47(41)34-18-8-3-9-19-34;1-4-14-30(15-5-1)31-24-26-32(27-25-31)43-44-37-22-11-10-20-35(37)38-28-39-36-21-12-13-23-40(36)47(34-18-8-3-9-19-34)41(39)29-42(38)48(44)45(46-43)33-16-6-2-7-17-33;1-4-14-30(15-5-1)31-24-26-32(27-25-31)41-42-37-22-11-10-20-35(37)38-28-29-39-36-21-12-13-23-40(36)47(34-18-8-3-9-19-34)43(39)44(38)48(42)45(46-41)33-16-6-2-7-17-33/h3*1-29H/p+1. The van der Waals surface area contributed by atoms with Crippen LogP contribution in [0.15, 0.2) is 528 Å². The lowest BCUT2D eigenvalue weighted by atomic mass is 9.99. The maximum atomic E-state index is 5.49. The number of nitrogens with one attached hydrogen (secondary N) is 1. The zero-order valence-electron chi connectivity index (χ0n) is 78.3. The molecule has 9 nitrogen and oxygen atoms in total. The highest BCUT2D eigenvalue weighted by Crippen LogP contribution is 2.49. The largest absolute Gasteiger partial charge is 0.309 e. The predicted molar refractivity (Wildman–Crippen MR) is 601 cm³/mol. The summed E-state index contributed by atoms with van der Waals surface area (Å²) in [5, 5.41) is 18.3. The van der Waals surface area contributed by atoms with Gasteiger partial charge < -0.3 is 13.7 Å². The maximum Gasteiger partial charge on any atom is 0.292 e. The highest BCUT2D eigenvalue weighted by molar-refractivity contribution is 6.26. The van der Waals surface area contributed by atoms with Crippen LogP contribution in [0.5, 0.6) is 0 Å². The number of aromatic amines is 1.